The van der Waals surface area contributed by atoms with Gasteiger partial charge in [0.15, 0.2) is 0 Å². The van der Waals surface area contributed by atoms with Crippen molar-refractivity contribution in [1.29, 1.82) is 5.26 Å². The number of hydrogen-bond acceptors (Lipinski definition) is 7. The molecule has 0 fully saturated rings. The van der Waals surface area contributed by atoms with Crippen molar-refractivity contribution < 1.29 is 13.2 Å². The summed E-state index contributed by atoms with van der Waals surface area (Å²) in [4.78, 5) is 20.1. The molecule has 0 aliphatic heterocycles. The number of benzene rings is 2. The van der Waals surface area contributed by atoms with E-state index in [0.29, 0.717) is 11.3 Å². The fourth-order valence-electron chi connectivity index (χ4n) is 2.48. The molecule has 0 radical (unpaired) electrons. The highest BCUT2D eigenvalue weighted by molar-refractivity contribution is 7.92. The maximum absolute atomic E-state index is 12.6. The third-order valence-electron chi connectivity index (χ3n) is 3.94. The van der Waals surface area contributed by atoms with Gasteiger partial charge in [-0.25, -0.2) is 18.4 Å². The number of hydrogen-bond donors (Lipinski definition) is 3. The molecule has 2 aromatic carbocycles. The number of amides is 1. The first-order valence-electron chi connectivity index (χ1n) is 8.31. The van der Waals surface area contributed by atoms with Gasteiger partial charge in [-0.05, 0) is 42.8 Å². The van der Waals surface area contributed by atoms with Crippen molar-refractivity contribution in [3.8, 4) is 6.07 Å². The molecular formula is C19H16N6O3S. The number of anilines is 3. The Bertz CT molecular complexity index is 1220. The SMILES string of the molecule is Cc1ccc(NS(=O)(=O)c2cccc(C#N)c2)cc1C(=O)Nc1cnc(N)nc1. The molecule has 0 saturated carbocycles. The van der Waals surface area contributed by atoms with E-state index in [4.69, 9.17) is 11.0 Å². The van der Waals surface area contributed by atoms with Crippen molar-refractivity contribution in [1.82, 2.24) is 9.97 Å². The average Bonchev–Trinajstić information content (AvgIpc) is 2.71. The summed E-state index contributed by atoms with van der Waals surface area (Å²) in [6, 6.07) is 12.1. The van der Waals surface area contributed by atoms with E-state index in [1.807, 2.05) is 6.07 Å². The van der Waals surface area contributed by atoms with Crippen LogP contribution in [0.1, 0.15) is 21.5 Å². The number of nitriles is 1. The third kappa shape index (κ3) is 4.66. The average molecular weight is 408 g/mol. The number of nitrogens with two attached hydrogens (primary N) is 1. The second-order valence-corrected chi connectivity index (χ2v) is 7.74. The van der Waals surface area contributed by atoms with E-state index in [0.717, 1.165) is 0 Å². The Morgan fingerprint density at radius 1 is 1.10 bits per heavy atom. The number of carbonyl (C=O) groups is 1. The number of carbonyl (C=O) groups excluding carboxylic acids is 1. The number of nitrogens with zero attached hydrogens (tertiary/aromatic N) is 3. The largest absolute Gasteiger partial charge is 0.368 e. The van der Waals surface area contributed by atoms with Crippen LogP contribution in [0.15, 0.2) is 59.8 Å². The van der Waals surface area contributed by atoms with Gasteiger partial charge in [-0.2, -0.15) is 5.26 Å². The van der Waals surface area contributed by atoms with Gasteiger partial charge in [0.1, 0.15) is 0 Å². The molecule has 1 heterocycles. The van der Waals surface area contributed by atoms with Crippen LogP contribution in [0.4, 0.5) is 17.3 Å². The molecule has 10 heteroatoms. The van der Waals surface area contributed by atoms with Crippen LogP contribution in [-0.4, -0.2) is 24.3 Å². The molecule has 29 heavy (non-hydrogen) atoms. The van der Waals surface area contributed by atoms with Crippen LogP contribution in [0.2, 0.25) is 0 Å². The zero-order chi connectivity index (χ0) is 21.0. The van der Waals surface area contributed by atoms with Crippen LogP contribution in [-0.2, 0) is 10.0 Å². The lowest BCUT2D eigenvalue weighted by Crippen LogP contribution is -2.16. The summed E-state index contributed by atoms with van der Waals surface area (Å²) in [5, 5.41) is 11.6. The lowest BCUT2D eigenvalue weighted by Gasteiger charge is -2.12. The Morgan fingerprint density at radius 2 is 1.83 bits per heavy atom. The summed E-state index contributed by atoms with van der Waals surface area (Å²) in [5.74, 6) is -0.376. The Balaban J connectivity index is 1.85. The fraction of sp³-hybridized carbons (Fsp3) is 0.0526. The van der Waals surface area contributed by atoms with Crippen LogP contribution >= 0.6 is 0 Å². The molecule has 146 valence electrons. The second-order valence-electron chi connectivity index (χ2n) is 6.06. The summed E-state index contributed by atoms with van der Waals surface area (Å²) in [6.07, 6.45) is 2.73. The van der Waals surface area contributed by atoms with Gasteiger partial charge in [0.25, 0.3) is 15.9 Å². The molecule has 3 aromatic rings. The van der Waals surface area contributed by atoms with E-state index >= 15 is 0 Å². The minimum Gasteiger partial charge on any atom is -0.368 e. The Morgan fingerprint density at radius 3 is 2.52 bits per heavy atom. The molecule has 0 aliphatic rings. The number of aryl methyl sites for hydroxylation is 1. The van der Waals surface area contributed by atoms with Crippen LogP contribution in [0.5, 0.6) is 0 Å². The van der Waals surface area contributed by atoms with Crippen molar-refractivity contribution in [3.05, 3.63) is 71.5 Å². The fourth-order valence-corrected chi connectivity index (χ4v) is 3.57. The summed E-state index contributed by atoms with van der Waals surface area (Å²) >= 11 is 0. The lowest BCUT2D eigenvalue weighted by molar-refractivity contribution is 0.102. The Hall–Kier alpha value is -3.97. The quantitative estimate of drug-likeness (QED) is 0.586. The number of rotatable bonds is 5. The van der Waals surface area contributed by atoms with E-state index in [1.54, 1.807) is 19.1 Å². The minimum atomic E-state index is -3.93. The Kier molecular flexibility index (Phi) is 5.43. The number of nitrogen functional groups attached to an aromatic ring is 1. The predicted molar refractivity (Wildman–Crippen MR) is 108 cm³/mol. The Labute approximate surface area is 167 Å². The maximum atomic E-state index is 12.6. The van der Waals surface area contributed by atoms with Crippen LogP contribution in [0.25, 0.3) is 0 Å². The monoisotopic (exact) mass is 408 g/mol. The molecule has 0 bridgehead atoms. The van der Waals surface area contributed by atoms with Crippen molar-refractivity contribution >= 4 is 33.3 Å². The van der Waals surface area contributed by atoms with Gasteiger partial charge in [-0.3, -0.25) is 9.52 Å². The highest BCUT2D eigenvalue weighted by Crippen LogP contribution is 2.21. The van der Waals surface area contributed by atoms with E-state index < -0.39 is 15.9 Å². The van der Waals surface area contributed by atoms with Gasteiger partial charge < -0.3 is 11.1 Å². The predicted octanol–water partition coefficient (Wildman–Crippen LogP) is 2.29. The summed E-state index contributed by atoms with van der Waals surface area (Å²) < 4.78 is 27.6. The molecule has 0 aliphatic carbocycles. The molecule has 9 nitrogen and oxygen atoms in total. The molecule has 3 rings (SSSR count). The second kappa shape index (κ2) is 7.95. The van der Waals surface area contributed by atoms with Crippen molar-refractivity contribution in [2.24, 2.45) is 0 Å². The normalized spacial score (nSPS) is 10.8. The first-order valence-corrected chi connectivity index (χ1v) is 9.79. The lowest BCUT2D eigenvalue weighted by atomic mass is 10.1. The van der Waals surface area contributed by atoms with E-state index in [1.165, 1.54) is 42.7 Å². The third-order valence-corrected chi connectivity index (χ3v) is 5.32. The number of aromatic nitrogens is 2. The molecule has 0 spiro atoms. The van der Waals surface area contributed by atoms with E-state index in [-0.39, 0.29) is 27.7 Å². The van der Waals surface area contributed by atoms with E-state index in [2.05, 4.69) is 20.0 Å². The highest BCUT2D eigenvalue weighted by Gasteiger charge is 2.17. The number of sulfonamides is 1. The summed E-state index contributed by atoms with van der Waals surface area (Å²) in [5.41, 5.74) is 7.12. The zero-order valence-corrected chi connectivity index (χ0v) is 16.1. The number of nitrogens with one attached hydrogen (secondary N) is 2. The highest BCUT2D eigenvalue weighted by atomic mass is 32.2. The molecule has 1 aromatic heterocycles. The van der Waals surface area contributed by atoms with Gasteiger partial charge in [0, 0.05) is 11.3 Å². The standard InChI is InChI=1S/C19H16N6O3S/c1-12-5-6-14(25-29(27,28)16-4-2-3-13(7-16)9-20)8-17(12)18(26)24-15-10-22-19(21)23-11-15/h2-8,10-11,25H,1H3,(H,24,26)(H2,21,22,23). The molecule has 0 atom stereocenters. The minimum absolute atomic E-state index is 0.0536. The van der Waals surface area contributed by atoms with Gasteiger partial charge in [-0.1, -0.05) is 12.1 Å². The zero-order valence-electron chi connectivity index (χ0n) is 15.2. The smallest absolute Gasteiger partial charge is 0.261 e. The summed E-state index contributed by atoms with van der Waals surface area (Å²) in [7, 11) is -3.93. The van der Waals surface area contributed by atoms with Crippen LogP contribution < -0.4 is 15.8 Å². The molecule has 1 amide bonds. The van der Waals surface area contributed by atoms with Gasteiger partial charge in [0.2, 0.25) is 5.95 Å². The van der Waals surface area contributed by atoms with Gasteiger partial charge in [0.05, 0.1) is 34.6 Å². The van der Waals surface area contributed by atoms with Crippen molar-refractivity contribution in [3.63, 3.8) is 0 Å². The van der Waals surface area contributed by atoms with Gasteiger partial charge in [-0.15, -0.1) is 0 Å². The summed E-state index contributed by atoms with van der Waals surface area (Å²) in [6.45, 7) is 1.73. The van der Waals surface area contributed by atoms with Gasteiger partial charge >= 0.3 is 0 Å². The first kappa shape index (κ1) is 19.8. The maximum Gasteiger partial charge on any atom is 0.261 e. The molecular weight excluding hydrogens is 392 g/mol. The van der Waals surface area contributed by atoms with E-state index in [9.17, 15) is 13.2 Å². The molecule has 0 saturated heterocycles. The first-order chi connectivity index (χ1) is 13.8. The topological polar surface area (TPSA) is 151 Å². The van der Waals surface area contributed by atoms with Crippen LogP contribution in [0.3, 0.4) is 0 Å². The van der Waals surface area contributed by atoms with Crippen LogP contribution in [0, 0.1) is 18.3 Å². The molecule has 4 N–H and O–H groups in total. The van der Waals surface area contributed by atoms with Crippen molar-refractivity contribution in [2.75, 3.05) is 15.8 Å². The molecule has 0 unspecified atom stereocenters. The van der Waals surface area contributed by atoms with Crippen molar-refractivity contribution in [2.45, 2.75) is 11.8 Å².